The third-order valence-electron chi connectivity index (χ3n) is 2.41. The van der Waals surface area contributed by atoms with Crippen LogP contribution in [0.1, 0.15) is 35.2 Å². The molecular weight excluding hydrogens is 186 g/mol. The van der Waals surface area contributed by atoms with Crippen LogP contribution < -0.4 is 0 Å². The van der Waals surface area contributed by atoms with Gasteiger partial charge in [-0.1, -0.05) is 12.1 Å². The summed E-state index contributed by atoms with van der Waals surface area (Å²) in [5.41, 5.74) is 1.31. The van der Waals surface area contributed by atoms with Gasteiger partial charge in [0.15, 0.2) is 0 Å². The minimum absolute atomic E-state index is 0.0400. The zero-order valence-electron chi connectivity index (χ0n) is 7.82. The number of carboxylic acid groups (broad SMARTS) is 1. The Morgan fingerprint density at radius 2 is 2.50 bits per heavy atom. The van der Waals surface area contributed by atoms with Crippen LogP contribution in [0, 0.1) is 0 Å². The van der Waals surface area contributed by atoms with Crippen molar-refractivity contribution in [2.45, 2.75) is 32.5 Å². The molecular formula is C9H11NO4. The molecule has 0 spiro atoms. The summed E-state index contributed by atoms with van der Waals surface area (Å²) in [6.07, 6.45) is 1.53. The predicted octanol–water partition coefficient (Wildman–Crippen LogP) is 1.22. The first-order valence-electron chi connectivity index (χ1n) is 4.54. The van der Waals surface area contributed by atoms with Gasteiger partial charge in [0.25, 0.3) is 0 Å². The van der Waals surface area contributed by atoms with E-state index in [-0.39, 0.29) is 11.9 Å². The largest absolute Gasteiger partial charge is 0.475 e. The molecule has 1 aromatic rings. The van der Waals surface area contributed by atoms with Crippen molar-refractivity contribution in [2.75, 3.05) is 0 Å². The van der Waals surface area contributed by atoms with Crippen LogP contribution in [0.2, 0.25) is 0 Å². The lowest BCUT2D eigenvalue weighted by Crippen LogP contribution is -2.22. The lowest BCUT2D eigenvalue weighted by molar-refractivity contribution is 0.0238. The topological polar surface area (TPSA) is 72.6 Å². The second kappa shape index (κ2) is 3.42. The molecule has 1 aromatic heterocycles. The van der Waals surface area contributed by atoms with Crippen LogP contribution in [0.25, 0.3) is 0 Å². The van der Waals surface area contributed by atoms with E-state index < -0.39 is 5.97 Å². The van der Waals surface area contributed by atoms with Crippen molar-refractivity contribution in [3.05, 3.63) is 17.0 Å². The summed E-state index contributed by atoms with van der Waals surface area (Å²) in [7, 11) is 0. The Balaban J connectivity index is 2.32. The Labute approximate surface area is 80.6 Å². The molecule has 0 amide bonds. The number of carboxylic acids is 1. The second-order valence-corrected chi connectivity index (χ2v) is 3.29. The van der Waals surface area contributed by atoms with Crippen molar-refractivity contribution >= 4 is 5.97 Å². The van der Waals surface area contributed by atoms with Crippen LogP contribution in [0.15, 0.2) is 4.52 Å². The van der Waals surface area contributed by atoms with Crippen LogP contribution in [0.5, 0.6) is 0 Å². The lowest BCUT2D eigenvalue weighted by Gasteiger charge is -2.20. The minimum atomic E-state index is -1.06. The second-order valence-electron chi connectivity index (χ2n) is 3.29. The van der Waals surface area contributed by atoms with Gasteiger partial charge in [-0.25, -0.2) is 4.79 Å². The van der Waals surface area contributed by atoms with E-state index in [0.717, 1.165) is 6.42 Å². The number of hydrogen-bond donors (Lipinski definition) is 1. The van der Waals surface area contributed by atoms with E-state index in [9.17, 15) is 4.79 Å². The molecule has 1 unspecified atom stereocenters. The Bertz CT molecular complexity index is 358. The third-order valence-corrected chi connectivity index (χ3v) is 2.41. The Hall–Kier alpha value is -1.36. The van der Waals surface area contributed by atoms with Crippen molar-refractivity contribution in [1.82, 2.24) is 5.16 Å². The van der Waals surface area contributed by atoms with E-state index >= 15 is 0 Å². The van der Waals surface area contributed by atoms with Crippen molar-refractivity contribution in [2.24, 2.45) is 0 Å². The first-order chi connectivity index (χ1) is 6.72. The molecule has 1 N–H and O–H groups in total. The molecule has 0 bridgehead atoms. The number of fused-ring (bicyclic) bond motifs is 1. The first-order valence-corrected chi connectivity index (χ1v) is 4.54. The lowest BCUT2D eigenvalue weighted by atomic mass is 10.0. The van der Waals surface area contributed by atoms with Gasteiger partial charge >= 0.3 is 5.97 Å². The summed E-state index contributed by atoms with van der Waals surface area (Å²) in [5, 5.41) is 12.5. The molecule has 2 heterocycles. The number of aromatic carboxylic acids is 1. The van der Waals surface area contributed by atoms with Gasteiger partial charge in [-0.2, -0.15) is 0 Å². The van der Waals surface area contributed by atoms with E-state index in [1.807, 2.05) is 6.92 Å². The zero-order chi connectivity index (χ0) is 10.1. The summed E-state index contributed by atoms with van der Waals surface area (Å²) in [6.45, 7) is 2.36. The van der Waals surface area contributed by atoms with Gasteiger partial charge in [-0.3, -0.25) is 0 Å². The Morgan fingerprint density at radius 3 is 3.14 bits per heavy atom. The number of hydrogen-bond acceptors (Lipinski definition) is 4. The normalized spacial score (nSPS) is 20.5. The van der Waals surface area contributed by atoms with Crippen LogP contribution >= 0.6 is 0 Å². The SMILES string of the molecule is CCC1Cc2c(noc2C(=O)O)CO1. The van der Waals surface area contributed by atoms with Gasteiger partial charge in [0, 0.05) is 12.0 Å². The molecule has 0 radical (unpaired) electrons. The van der Waals surface area contributed by atoms with Gasteiger partial charge in [-0.05, 0) is 6.42 Å². The van der Waals surface area contributed by atoms with Gasteiger partial charge < -0.3 is 14.4 Å². The molecule has 5 heteroatoms. The molecule has 0 aromatic carbocycles. The summed E-state index contributed by atoms with van der Waals surface area (Å²) >= 11 is 0. The van der Waals surface area contributed by atoms with E-state index in [0.29, 0.717) is 24.3 Å². The van der Waals surface area contributed by atoms with Gasteiger partial charge in [0.1, 0.15) is 5.69 Å². The average molecular weight is 197 g/mol. The Morgan fingerprint density at radius 1 is 1.71 bits per heavy atom. The number of aromatic nitrogens is 1. The molecule has 1 aliphatic rings. The predicted molar refractivity (Wildman–Crippen MR) is 46.0 cm³/mol. The highest BCUT2D eigenvalue weighted by atomic mass is 16.5. The van der Waals surface area contributed by atoms with Crippen molar-refractivity contribution in [3.8, 4) is 0 Å². The monoisotopic (exact) mass is 197 g/mol. The highest BCUT2D eigenvalue weighted by molar-refractivity contribution is 5.86. The van der Waals surface area contributed by atoms with Gasteiger partial charge in [-0.15, -0.1) is 0 Å². The fraction of sp³-hybridized carbons (Fsp3) is 0.556. The smallest absolute Gasteiger partial charge is 0.375 e. The molecule has 1 atom stereocenters. The number of ether oxygens (including phenoxy) is 1. The third kappa shape index (κ3) is 1.39. The summed E-state index contributed by atoms with van der Waals surface area (Å²) in [5.74, 6) is -1.10. The maximum Gasteiger partial charge on any atom is 0.375 e. The van der Waals surface area contributed by atoms with Crippen molar-refractivity contribution < 1.29 is 19.2 Å². The molecule has 1 aliphatic heterocycles. The van der Waals surface area contributed by atoms with Crippen LogP contribution in [0.3, 0.4) is 0 Å². The maximum absolute atomic E-state index is 10.8. The number of carbonyl (C=O) groups is 1. The molecule has 0 saturated heterocycles. The summed E-state index contributed by atoms with van der Waals surface area (Å²) in [4.78, 5) is 10.8. The van der Waals surface area contributed by atoms with E-state index in [1.54, 1.807) is 0 Å². The summed E-state index contributed by atoms with van der Waals surface area (Å²) in [6, 6.07) is 0. The highest BCUT2D eigenvalue weighted by Crippen LogP contribution is 2.24. The van der Waals surface area contributed by atoms with Crippen LogP contribution in [-0.2, 0) is 17.8 Å². The molecule has 14 heavy (non-hydrogen) atoms. The number of rotatable bonds is 2. The fourth-order valence-electron chi connectivity index (χ4n) is 1.58. The quantitative estimate of drug-likeness (QED) is 0.771. The van der Waals surface area contributed by atoms with E-state index in [4.69, 9.17) is 14.4 Å². The van der Waals surface area contributed by atoms with Crippen LogP contribution in [0.4, 0.5) is 0 Å². The molecule has 76 valence electrons. The van der Waals surface area contributed by atoms with Crippen molar-refractivity contribution in [1.29, 1.82) is 0 Å². The first kappa shape index (κ1) is 9.21. The highest BCUT2D eigenvalue weighted by Gasteiger charge is 2.28. The number of nitrogens with zero attached hydrogens (tertiary/aromatic N) is 1. The molecule has 0 saturated carbocycles. The fourth-order valence-corrected chi connectivity index (χ4v) is 1.58. The van der Waals surface area contributed by atoms with Gasteiger partial charge in [0.05, 0.1) is 12.7 Å². The van der Waals surface area contributed by atoms with E-state index in [1.165, 1.54) is 0 Å². The minimum Gasteiger partial charge on any atom is -0.475 e. The molecule has 0 aliphatic carbocycles. The van der Waals surface area contributed by atoms with Crippen molar-refractivity contribution in [3.63, 3.8) is 0 Å². The van der Waals surface area contributed by atoms with E-state index in [2.05, 4.69) is 5.16 Å². The maximum atomic E-state index is 10.8. The van der Waals surface area contributed by atoms with Gasteiger partial charge in [0.2, 0.25) is 5.76 Å². The Kier molecular flexibility index (Phi) is 2.25. The molecule has 0 fully saturated rings. The average Bonchev–Trinajstić information content (AvgIpc) is 2.59. The molecule has 2 rings (SSSR count). The molecule has 5 nitrogen and oxygen atoms in total. The summed E-state index contributed by atoms with van der Waals surface area (Å²) < 4.78 is 10.2. The standard InChI is InChI=1S/C9H11NO4/c1-2-5-3-6-7(4-13-5)10-14-8(6)9(11)12/h5H,2-4H2,1H3,(H,11,12). The van der Waals surface area contributed by atoms with Crippen LogP contribution in [-0.4, -0.2) is 22.3 Å². The zero-order valence-corrected chi connectivity index (χ0v) is 7.82.